The first kappa shape index (κ1) is 12.2. The van der Waals surface area contributed by atoms with Gasteiger partial charge in [0.1, 0.15) is 6.54 Å². The van der Waals surface area contributed by atoms with E-state index in [-0.39, 0.29) is 6.54 Å². The molecule has 0 rings (SSSR count). The van der Waals surface area contributed by atoms with Crippen LogP contribution in [-0.2, 0) is 4.79 Å². The highest BCUT2D eigenvalue weighted by Gasteiger charge is 2.05. The zero-order chi connectivity index (χ0) is 11.0. The molecule has 0 aliphatic carbocycles. The van der Waals surface area contributed by atoms with Gasteiger partial charge in [0.25, 0.3) is 0 Å². The van der Waals surface area contributed by atoms with Crippen molar-refractivity contribution in [2.45, 2.75) is 13.8 Å². The molecule has 0 atom stereocenters. The number of imide groups is 1. The molecule has 3 amide bonds. The number of rotatable bonds is 4. The first-order chi connectivity index (χ1) is 6.56. The van der Waals surface area contributed by atoms with E-state index in [0.717, 1.165) is 0 Å². The predicted octanol–water partition coefficient (Wildman–Crippen LogP) is 0.778. The van der Waals surface area contributed by atoms with Crippen molar-refractivity contribution in [3.63, 3.8) is 0 Å². The maximum absolute atomic E-state index is 10.9. The largest absolute Gasteiger partial charge is 0.338 e. The van der Waals surface area contributed by atoms with E-state index >= 15 is 0 Å². The van der Waals surface area contributed by atoms with Crippen molar-refractivity contribution in [1.29, 1.82) is 0 Å². The minimum absolute atomic E-state index is 0.313. The van der Waals surface area contributed by atoms with E-state index in [2.05, 4.69) is 15.3 Å². The third kappa shape index (κ3) is 6.93. The van der Waals surface area contributed by atoms with Crippen LogP contribution in [-0.4, -0.2) is 25.0 Å². The molecule has 0 heterocycles. The maximum atomic E-state index is 10.9. The van der Waals surface area contributed by atoms with Gasteiger partial charge in [-0.15, -0.1) is 0 Å². The molecule has 7 nitrogen and oxygen atoms in total. The Morgan fingerprint density at radius 1 is 1.50 bits per heavy atom. The van der Waals surface area contributed by atoms with Gasteiger partial charge in [-0.05, 0) is 11.4 Å². The lowest BCUT2D eigenvalue weighted by atomic mass is 10.2. The lowest BCUT2D eigenvalue weighted by Gasteiger charge is -2.07. The van der Waals surface area contributed by atoms with E-state index in [1.807, 2.05) is 19.2 Å². The quantitative estimate of drug-likeness (QED) is 0.396. The second-order valence-corrected chi connectivity index (χ2v) is 3.04. The molecule has 0 aromatic carbocycles. The Hall–Kier alpha value is -1.75. The molecule has 0 unspecified atom stereocenters. The molecule has 0 aromatic heterocycles. The van der Waals surface area contributed by atoms with Crippen LogP contribution in [0.1, 0.15) is 13.8 Å². The van der Waals surface area contributed by atoms with Crippen LogP contribution >= 0.6 is 0 Å². The van der Waals surface area contributed by atoms with E-state index in [0.29, 0.717) is 12.5 Å². The van der Waals surface area contributed by atoms with E-state index in [1.54, 1.807) is 0 Å². The molecule has 0 aliphatic rings. The lowest BCUT2D eigenvalue weighted by molar-refractivity contribution is -0.118. The van der Waals surface area contributed by atoms with Gasteiger partial charge in [0.2, 0.25) is 5.91 Å². The van der Waals surface area contributed by atoms with Crippen molar-refractivity contribution in [3.8, 4) is 0 Å². The number of carbonyl (C=O) groups excluding carboxylic acids is 2. The monoisotopic (exact) mass is 199 g/mol. The van der Waals surface area contributed by atoms with E-state index in [1.165, 1.54) is 0 Å². The Bertz CT molecular complexity index is 257. The predicted molar refractivity (Wildman–Crippen MR) is 50.4 cm³/mol. The molecular weight excluding hydrogens is 186 g/mol. The molecule has 0 saturated heterocycles. The Labute approximate surface area is 81.5 Å². The maximum Gasteiger partial charge on any atom is 0.321 e. The molecule has 0 radical (unpaired) electrons. The normalized spacial score (nSPS) is 9.07. The summed E-state index contributed by atoms with van der Waals surface area (Å²) < 4.78 is 0. The Balaban J connectivity index is 3.71. The minimum atomic E-state index is -0.621. The fourth-order valence-corrected chi connectivity index (χ4v) is 0.603. The number of nitrogens with zero attached hydrogens (tertiary/aromatic N) is 3. The summed E-state index contributed by atoms with van der Waals surface area (Å²) in [6, 6.07) is -0.572. The highest BCUT2D eigenvalue weighted by Crippen LogP contribution is 1.86. The van der Waals surface area contributed by atoms with Crippen LogP contribution in [0.25, 0.3) is 10.4 Å². The van der Waals surface area contributed by atoms with Crippen molar-refractivity contribution in [1.82, 2.24) is 10.6 Å². The van der Waals surface area contributed by atoms with E-state index in [9.17, 15) is 9.59 Å². The second-order valence-electron chi connectivity index (χ2n) is 3.04. The summed E-state index contributed by atoms with van der Waals surface area (Å²) in [6.07, 6.45) is 0. The molecule has 0 spiro atoms. The molecule has 0 saturated carbocycles. The summed E-state index contributed by atoms with van der Waals surface area (Å²) in [6.45, 7) is 3.98. The van der Waals surface area contributed by atoms with Crippen LogP contribution < -0.4 is 10.6 Å². The van der Waals surface area contributed by atoms with Gasteiger partial charge < -0.3 is 5.32 Å². The number of amides is 3. The fourth-order valence-electron chi connectivity index (χ4n) is 0.603. The van der Waals surface area contributed by atoms with Gasteiger partial charge in [-0.2, -0.15) is 0 Å². The van der Waals surface area contributed by atoms with Crippen LogP contribution in [0.3, 0.4) is 0 Å². The Morgan fingerprint density at radius 3 is 2.64 bits per heavy atom. The smallest absolute Gasteiger partial charge is 0.321 e. The van der Waals surface area contributed by atoms with Crippen molar-refractivity contribution >= 4 is 11.9 Å². The Kier molecular flexibility index (Phi) is 5.89. The fraction of sp³-hybridized carbons (Fsp3) is 0.714. The summed E-state index contributed by atoms with van der Waals surface area (Å²) in [5, 5.41) is 7.51. The molecule has 7 heteroatoms. The van der Waals surface area contributed by atoms with Crippen molar-refractivity contribution in [2.24, 2.45) is 11.0 Å². The van der Waals surface area contributed by atoms with Crippen LogP contribution in [0.15, 0.2) is 5.11 Å². The third-order valence-corrected chi connectivity index (χ3v) is 1.20. The summed E-state index contributed by atoms with van der Waals surface area (Å²) in [7, 11) is 0. The lowest BCUT2D eigenvalue weighted by Crippen LogP contribution is -2.41. The average Bonchev–Trinajstić information content (AvgIpc) is 2.11. The number of azide groups is 1. The third-order valence-electron chi connectivity index (χ3n) is 1.20. The standard InChI is InChI=1S/C7H13N5O2/c1-5(2)3-9-7(14)11-6(13)4-10-12-8/h5H,3-4H2,1-2H3,(H2,9,11,13,14). The number of urea groups is 1. The van der Waals surface area contributed by atoms with Gasteiger partial charge in [0.05, 0.1) is 0 Å². The summed E-state index contributed by atoms with van der Waals surface area (Å²) in [5.41, 5.74) is 7.90. The van der Waals surface area contributed by atoms with Gasteiger partial charge in [-0.25, -0.2) is 4.79 Å². The first-order valence-electron chi connectivity index (χ1n) is 4.14. The molecule has 0 aromatic rings. The molecule has 78 valence electrons. The van der Waals surface area contributed by atoms with Crippen molar-refractivity contribution in [3.05, 3.63) is 10.4 Å². The minimum Gasteiger partial charge on any atom is -0.338 e. The van der Waals surface area contributed by atoms with Gasteiger partial charge >= 0.3 is 6.03 Å². The first-order valence-corrected chi connectivity index (χ1v) is 4.14. The summed E-state index contributed by atoms with van der Waals surface area (Å²) in [4.78, 5) is 24.2. The highest BCUT2D eigenvalue weighted by molar-refractivity contribution is 5.95. The van der Waals surface area contributed by atoms with Gasteiger partial charge in [0.15, 0.2) is 0 Å². The van der Waals surface area contributed by atoms with Crippen molar-refractivity contribution in [2.75, 3.05) is 13.1 Å². The molecule has 14 heavy (non-hydrogen) atoms. The van der Waals surface area contributed by atoms with Gasteiger partial charge in [-0.1, -0.05) is 19.0 Å². The van der Waals surface area contributed by atoms with Gasteiger partial charge in [0, 0.05) is 11.5 Å². The summed E-state index contributed by atoms with van der Waals surface area (Å²) >= 11 is 0. The molecular formula is C7H13N5O2. The topological polar surface area (TPSA) is 107 Å². The number of carbonyl (C=O) groups is 2. The van der Waals surface area contributed by atoms with E-state index < -0.39 is 11.9 Å². The molecule has 0 fully saturated rings. The molecule has 0 bridgehead atoms. The average molecular weight is 199 g/mol. The molecule has 0 aliphatic heterocycles. The SMILES string of the molecule is CC(C)CNC(=O)NC(=O)CN=[N+]=[N-]. The highest BCUT2D eigenvalue weighted by atomic mass is 16.2. The van der Waals surface area contributed by atoms with Crippen LogP contribution in [0.5, 0.6) is 0 Å². The van der Waals surface area contributed by atoms with Crippen LogP contribution in [0, 0.1) is 5.92 Å². The number of hydrogen-bond donors (Lipinski definition) is 2. The number of nitrogens with one attached hydrogen (secondary N) is 2. The van der Waals surface area contributed by atoms with Crippen LogP contribution in [0.4, 0.5) is 4.79 Å². The number of hydrogen-bond acceptors (Lipinski definition) is 3. The van der Waals surface area contributed by atoms with E-state index in [4.69, 9.17) is 5.53 Å². The molecule has 2 N–H and O–H groups in total. The zero-order valence-electron chi connectivity index (χ0n) is 8.15. The zero-order valence-corrected chi connectivity index (χ0v) is 8.15. The van der Waals surface area contributed by atoms with Crippen molar-refractivity contribution < 1.29 is 9.59 Å². The Morgan fingerprint density at radius 2 is 2.14 bits per heavy atom. The van der Waals surface area contributed by atoms with Crippen LogP contribution in [0.2, 0.25) is 0 Å². The summed E-state index contributed by atoms with van der Waals surface area (Å²) in [5.74, 6) is -0.308. The second kappa shape index (κ2) is 6.73. The van der Waals surface area contributed by atoms with Gasteiger partial charge in [-0.3, -0.25) is 10.1 Å².